The van der Waals surface area contributed by atoms with Crippen molar-refractivity contribution in [3.05, 3.63) is 0 Å². The topological polar surface area (TPSA) is 32.3 Å². The van der Waals surface area contributed by atoms with E-state index in [0.29, 0.717) is 12.0 Å². The molecule has 2 nitrogen and oxygen atoms in total. The summed E-state index contributed by atoms with van der Waals surface area (Å²) in [5.41, 5.74) is -0.553. The van der Waals surface area contributed by atoms with Crippen molar-refractivity contribution in [1.82, 2.24) is 5.32 Å². The Morgan fingerprint density at radius 1 is 1.11 bits per heavy atom. The van der Waals surface area contributed by atoms with Gasteiger partial charge in [0.15, 0.2) is 0 Å². The molecule has 0 bridgehead atoms. The Morgan fingerprint density at radius 2 is 1.67 bits per heavy atom. The van der Waals surface area contributed by atoms with E-state index in [1.54, 1.807) is 0 Å². The van der Waals surface area contributed by atoms with Gasteiger partial charge in [-0.05, 0) is 56.8 Å². The fourth-order valence-corrected chi connectivity index (χ4v) is 3.31. The molecule has 0 aromatic heterocycles. The smallest absolute Gasteiger partial charge is 0.0746 e. The van der Waals surface area contributed by atoms with Gasteiger partial charge >= 0.3 is 0 Å². The highest BCUT2D eigenvalue weighted by molar-refractivity contribution is 4.83. The molecule has 0 heterocycles. The molecule has 0 aromatic carbocycles. The molecule has 0 aromatic rings. The van der Waals surface area contributed by atoms with E-state index < -0.39 is 5.60 Å². The molecular weight excluding hydrogens is 222 g/mol. The minimum atomic E-state index is -0.553. The van der Waals surface area contributed by atoms with Gasteiger partial charge in [-0.15, -0.1) is 0 Å². The lowest BCUT2D eigenvalue weighted by molar-refractivity contribution is 0.0336. The molecule has 0 saturated heterocycles. The summed E-state index contributed by atoms with van der Waals surface area (Å²) in [4.78, 5) is 0. The predicted octanol–water partition coefficient (Wildman–Crippen LogP) is 3.59. The van der Waals surface area contributed by atoms with E-state index >= 15 is 0 Å². The third-order valence-corrected chi connectivity index (χ3v) is 4.33. The van der Waals surface area contributed by atoms with Crippen LogP contribution in [0, 0.1) is 17.8 Å². The SMILES string of the molecule is CC(C)CC(C)(O)CNC1CCC(C(C)C)CC1. The van der Waals surface area contributed by atoms with Crippen LogP contribution in [0.25, 0.3) is 0 Å². The van der Waals surface area contributed by atoms with Crippen LogP contribution in [0.4, 0.5) is 0 Å². The van der Waals surface area contributed by atoms with Crippen LogP contribution in [-0.2, 0) is 0 Å². The van der Waals surface area contributed by atoms with Crippen molar-refractivity contribution < 1.29 is 5.11 Å². The first kappa shape index (κ1) is 16.0. The molecule has 18 heavy (non-hydrogen) atoms. The maximum absolute atomic E-state index is 10.3. The average Bonchev–Trinajstić information content (AvgIpc) is 2.25. The van der Waals surface area contributed by atoms with E-state index in [0.717, 1.165) is 24.8 Å². The largest absolute Gasteiger partial charge is 0.389 e. The van der Waals surface area contributed by atoms with Crippen LogP contribution < -0.4 is 5.32 Å². The lowest BCUT2D eigenvalue weighted by Crippen LogP contribution is -2.44. The highest BCUT2D eigenvalue weighted by Gasteiger charge is 2.26. The molecule has 0 amide bonds. The van der Waals surface area contributed by atoms with Crippen LogP contribution in [-0.4, -0.2) is 23.3 Å². The van der Waals surface area contributed by atoms with Crippen molar-refractivity contribution >= 4 is 0 Å². The van der Waals surface area contributed by atoms with E-state index in [1.165, 1.54) is 25.7 Å². The molecule has 2 heteroatoms. The summed E-state index contributed by atoms with van der Waals surface area (Å²) in [6, 6.07) is 0.624. The Kier molecular flexibility index (Phi) is 6.13. The Morgan fingerprint density at radius 3 is 2.11 bits per heavy atom. The number of aliphatic hydroxyl groups is 1. The van der Waals surface area contributed by atoms with Crippen LogP contribution in [0.3, 0.4) is 0 Å². The van der Waals surface area contributed by atoms with Gasteiger partial charge < -0.3 is 10.4 Å². The minimum absolute atomic E-state index is 0.553. The normalized spacial score (nSPS) is 28.7. The standard InChI is InChI=1S/C16H33NO/c1-12(2)10-16(5,18)11-17-15-8-6-14(7-9-15)13(3)4/h12-15,17-18H,6-11H2,1-5H3. The summed E-state index contributed by atoms with van der Waals surface area (Å²) < 4.78 is 0. The first-order valence-corrected chi connectivity index (χ1v) is 7.76. The highest BCUT2D eigenvalue weighted by Crippen LogP contribution is 2.30. The predicted molar refractivity (Wildman–Crippen MR) is 78.7 cm³/mol. The molecular formula is C16H33NO. The molecule has 1 atom stereocenters. The molecule has 0 spiro atoms. The summed E-state index contributed by atoms with van der Waals surface area (Å²) in [5, 5.41) is 13.9. The van der Waals surface area contributed by atoms with Gasteiger partial charge in [0.2, 0.25) is 0 Å². The zero-order valence-electron chi connectivity index (χ0n) is 13.0. The zero-order valence-corrected chi connectivity index (χ0v) is 13.0. The number of hydrogen-bond acceptors (Lipinski definition) is 2. The Labute approximate surface area is 114 Å². The average molecular weight is 255 g/mol. The van der Waals surface area contributed by atoms with Crippen molar-refractivity contribution in [2.24, 2.45) is 17.8 Å². The molecule has 1 saturated carbocycles. The van der Waals surface area contributed by atoms with Crippen molar-refractivity contribution in [3.63, 3.8) is 0 Å². The van der Waals surface area contributed by atoms with E-state index in [1.807, 2.05) is 6.92 Å². The molecule has 0 aliphatic heterocycles. The Hall–Kier alpha value is -0.0800. The van der Waals surface area contributed by atoms with Gasteiger partial charge in [-0.25, -0.2) is 0 Å². The van der Waals surface area contributed by atoms with Gasteiger partial charge in [0.25, 0.3) is 0 Å². The number of rotatable bonds is 6. The van der Waals surface area contributed by atoms with Crippen molar-refractivity contribution in [2.45, 2.75) is 78.4 Å². The fourth-order valence-electron chi connectivity index (χ4n) is 3.31. The van der Waals surface area contributed by atoms with Crippen molar-refractivity contribution in [1.29, 1.82) is 0 Å². The lowest BCUT2D eigenvalue weighted by atomic mass is 9.79. The molecule has 0 radical (unpaired) electrons. The second-order valence-corrected chi connectivity index (χ2v) is 7.33. The number of hydrogen-bond donors (Lipinski definition) is 2. The van der Waals surface area contributed by atoms with E-state index in [2.05, 4.69) is 33.0 Å². The fraction of sp³-hybridized carbons (Fsp3) is 1.00. The lowest BCUT2D eigenvalue weighted by Gasteiger charge is -2.34. The maximum atomic E-state index is 10.3. The molecule has 1 aliphatic carbocycles. The maximum Gasteiger partial charge on any atom is 0.0746 e. The summed E-state index contributed by atoms with van der Waals surface area (Å²) in [6.07, 6.45) is 6.13. The molecule has 2 N–H and O–H groups in total. The Bertz CT molecular complexity index is 227. The molecule has 108 valence electrons. The summed E-state index contributed by atoms with van der Waals surface area (Å²) >= 11 is 0. The van der Waals surface area contributed by atoms with Crippen LogP contribution in [0.1, 0.15) is 66.7 Å². The third kappa shape index (κ3) is 5.71. The third-order valence-electron chi connectivity index (χ3n) is 4.33. The molecule has 1 fully saturated rings. The van der Waals surface area contributed by atoms with Crippen molar-refractivity contribution in [3.8, 4) is 0 Å². The van der Waals surface area contributed by atoms with Crippen LogP contribution in [0.15, 0.2) is 0 Å². The van der Waals surface area contributed by atoms with Crippen LogP contribution >= 0.6 is 0 Å². The highest BCUT2D eigenvalue weighted by atomic mass is 16.3. The van der Waals surface area contributed by atoms with Crippen molar-refractivity contribution in [2.75, 3.05) is 6.54 Å². The van der Waals surface area contributed by atoms with Gasteiger partial charge in [-0.3, -0.25) is 0 Å². The second kappa shape index (κ2) is 6.91. The molecule has 1 unspecified atom stereocenters. The number of nitrogens with one attached hydrogen (secondary N) is 1. The summed E-state index contributed by atoms with van der Waals surface area (Å²) in [5.74, 6) is 2.30. The molecule has 1 aliphatic rings. The van der Waals surface area contributed by atoms with Gasteiger partial charge in [-0.1, -0.05) is 27.7 Å². The molecule has 1 rings (SSSR count). The van der Waals surface area contributed by atoms with Crippen LogP contribution in [0.2, 0.25) is 0 Å². The summed E-state index contributed by atoms with van der Waals surface area (Å²) in [6.45, 7) is 11.7. The second-order valence-electron chi connectivity index (χ2n) is 7.33. The Balaban J connectivity index is 2.25. The quantitative estimate of drug-likeness (QED) is 0.760. The van der Waals surface area contributed by atoms with Crippen LogP contribution in [0.5, 0.6) is 0 Å². The van der Waals surface area contributed by atoms with E-state index in [4.69, 9.17) is 0 Å². The minimum Gasteiger partial charge on any atom is -0.389 e. The van der Waals surface area contributed by atoms with Gasteiger partial charge in [-0.2, -0.15) is 0 Å². The monoisotopic (exact) mass is 255 g/mol. The first-order chi connectivity index (χ1) is 8.30. The van der Waals surface area contributed by atoms with E-state index in [-0.39, 0.29) is 0 Å². The zero-order chi connectivity index (χ0) is 13.8. The summed E-state index contributed by atoms with van der Waals surface area (Å²) in [7, 11) is 0. The van der Waals surface area contributed by atoms with Gasteiger partial charge in [0.05, 0.1) is 5.60 Å². The van der Waals surface area contributed by atoms with E-state index in [9.17, 15) is 5.11 Å². The van der Waals surface area contributed by atoms with Gasteiger partial charge in [0.1, 0.15) is 0 Å². The van der Waals surface area contributed by atoms with Gasteiger partial charge in [0, 0.05) is 12.6 Å². The first-order valence-electron chi connectivity index (χ1n) is 7.76.